The topological polar surface area (TPSA) is 130 Å². The molecule has 5 rings (SSSR count). The van der Waals surface area contributed by atoms with E-state index in [1.54, 1.807) is 22.9 Å². The van der Waals surface area contributed by atoms with Crippen LogP contribution in [0, 0.1) is 11.6 Å². The first kappa shape index (κ1) is 21.9. The molecule has 0 radical (unpaired) electrons. The summed E-state index contributed by atoms with van der Waals surface area (Å²) in [4.78, 5) is 33.4. The minimum atomic E-state index is -0.641. The number of thiazole rings is 1. The number of aromatic nitrogens is 6. The van der Waals surface area contributed by atoms with Crippen LogP contribution in [0.4, 0.5) is 26.4 Å². The molecule has 1 amide bonds. The van der Waals surface area contributed by atoms with Crippen LogP contribution in [0.1, 0.15) is 6.92 Å². The molecule has 3 aromatic heterocycles. The fourth-order valence-electron chi connectivity index (χ4n) is 3.73. The molecular formula is C20H20F2N10OS. The van der Waals surface area contributed by atoms with E-state index >= 15 is 0 Å². The van der Waals surface area contributed by atoms with Crippen molar-refractivity contribution in [3.05, 3.63) is 41.4 Å². The Labute approximate surface area is 196 Å². The Morgan fingerprint density at radius 1 is 1.18 bits per heavy atom. The Balaban J connectivity index is 1.24. The van der Waals surface area contributed by atoms with Crippen LogP contribution in [0.3, 0.4) is 0 Å². The third-order valence-corrected chi connectivity index (χ3v) is 6.18. The summed E-state index contributed by atoms with van der Waals surface area (Å²) in [6.45, 7) is 3.34. The van der Waals surface area contributed by atoms with Crippen molar-refractivity contribution in [2.45, 2.75) is 13.0 Å². The van der Waals surface area contributed by atoms with Crippen LogP contribution < -0.4 is 16.0 Å². The number of halogens is 2. The monoisotopic (exact) mass is 486 g/mol. The van der Waals surface area contributed by atoms with Crippen LogP contribution in [-0.2, 0) is 4.79 Å². The Morgan fingerprint density at radius 3 is 2.68 bits per heavy atom. The van der Waals surface area contributed by atoms with Gasteiger partial charge in [0.05, 0.1) is 5.69 Å². The van der Waals surface area contributed by atoms with Gasteiger partial charge in [-0.1, -0.05) is 0 Å². The molecule has 4 heterocycles. The summed E-state index contributed by atoms with van der Waals surface area (Å²) in [6.07, 6.45) is 1.65. The molecule has 1 aromatic carbocycles. The average molecular weight is 487 g/mol. The van der Waals surface area contributed by atoms with Crippen LogP contribution in [0.25, 0.3) is 16.6 Å². The number of anilines is 3. The quantitative estimate of drug-likeness (QED) is 0.432. The number of hydrogen-bond acceptors (Lipinski definition) is 10. The van der Waals surface area contributed by atoms with Crippen molar-refractivity contribution in [1.29, 1.82) is 0 Å². The second-order valence-corrected chi connectivity index (χ2v) is 8.56. The first-order valence-corrected chi connectivity index (χ1v) is 11.3. The molecule has 1 fully saturated rings. The van der Waals surface area contributed by atoms with Crippen molar-refractivity contribution in [3.8, 4) is 10.8 Å². The Morgan fingerprint density at radius 2 is 1.97 bits per heavy atom. The molecule has 1 aliphatic heterocycles. The van der Waals surface area contributed by atoms with Crippen molar-refractivity contribution >= 4 is 40.6 Å². The van der Waals surface area contributed by atoms with E-state index in [0.717, 1.165) is 6.07 Å². The fraction of sp³-hybridized carbons (Fsp3) is 0.300. The zero-order valence-corrected chi connectivity index (χ0v) is 18.8. The number of nitrogens with one attached hydrogen (secondary N) is 1. The average Bonchev–Trinajstić information content (AvgIpc) is 3.49. The molecule has 0 spiro atoms. The summed E-state index contributed by atoms with van der Waals surface area (Å²) in [5.74, 6) is -0.574. The van der Waals surface area contributed by atoms with E-state index in [4.69, 9.17) is 5.73 Å². The molecule has 0 bridgehead atoms. The number of fused-ring (bicyclic) bond motifs is 1. The van der Waals surface area contributed by atoms with Crippen molar-refractivity contribution in [2.75, 3.05) is 42.1 Å². The van der Waals surface area contributed by atoms with Gasteiger partial charge in [-0.05, 0) is 19.1 Å². The maximum atomic E-state index is 14.1. The smallest absolute Gasteiger partial charge is 0.259 e. The van der Waals surface area contributed by atoms with Gasteiger partial charge in [-0.15, -0.1) is 16.4 Å². The van der Waals surface area contributed by atoms with Gasteiger partial charge in [0, 0.05) is 43.8 Å². The molecule has 0 aliphatic carbocycles. The van der Waals surface area contributed by atoms with Crippen LogP contribution in [0.2, 0.25) is 0 Å². The van der Waals surface area contributed by atoms with Gasteiger partial charge in [-0.3, -0.25) is 4.79 Å². The number of benzene rings is 1. The fourth-order valence-corrected chi connectivity index (χ4v) is 4.29. The molecule has 4 aromatic rings. The van der Waals surface area contributed by atoms with E-state index in [0.29, 0.717) is 42.7 Å². The Bertz CT molecular complexity index is 1340. The zero-order valence-electron chi connectivity index (χ0n) is 18.0. The largest absolute Gasteiger partial charge is 0.368 e. The lowest BCUT2D eigenvalue weighted by Gasteiger charge is -2.37. The maximum Gasteiger partial charge on any atom is 0.259 e. The minimum absolute atomic E-state index is 0.0670. The predicted molar refractivity (Wildman–Crippen MR) is 122 cm³/mol. The summed E-state index contributed by atoms with van der Waals surface area (Å²) in [5, 5.41) is 9.69. The molecule has 0 saturated carbocycles. The highest BCUT2D eigenvalue weighted by Crippen LogP contribution is 2.22. The number of nitrogens with zero attached hydrogens (tertiary/aromatic N) is 8. The summed E-state index contributed by atoms with van der Waals surface area (Å²) in [7, 11) is 0. The lowest BCUT2D eigenvalue weighted by Crippen LogP contribution is -2.52. The lowest BCUT2D eigenvalue weighted by molar-refractivity contribution is -0.131. The molecular weight excluding hydrogens is 466 g/mol. The first-order valence-electron chi connectivity index (χ1n) is 10.4. The Kier molecular flexibility index (Phi) is 5.65. The Hall–Kier alpha value is -3.94. The third kappa shape index (κ3) is 4.19. The van der Waals surface area contributed by atoms with Gasteiger partial charge >= 0.3 is 0 Å². The molecule has 1 saturated heterocycles. The SMILES string of the molecule is C[C@H](Nc1nc(N)n2nc(-c3nccs3)nc2n1)C(=O)N1CCN(c2ccc(F)cc2F)CC1. The van der Waals surface area contributed by atoms with Crippen LogP contribution in [-0.4, -0.2) is 72.6 Å². The molecule has 34 heavy (non-hydrogen) atoms. The number of rotatable bonds is 5. The van der Waals surface area contributed by atoms with E-state index in [1.165, 1.54) is 28.0 Å². The van der Waals surface area contributed by atoms with Gasteiger partial charge < -0.3 is 20.9 Å². The summed E-state index contributed by atoms with van der Waals surface area (Å²) in [6, 6.07) is 2.85. The van der Waals surface area contributed by atoms with E-state index in [1.807, 2.05) is 5.38 Å². The molecule has 14 heteroatoms. The number of nitrogen functional groups attached to an aromatic ring is 1. The van der Waals surface area contributed by atoms with Gasteiger partial charge in [0.2, 0.25) is 23.6 Å². The second-order valence-electron chi connectivity index (χ2n) is 7.66. The van der Waals surface area contributed by atoms with Crippen molar-refractivity contribution in [2.24, 2.45) is 0 Å². The molecule has 1 aliphatic rings. The van der Waals surface area contributed by atoms with Crippen molar-refractivity contribution < 1.29 is 13.6 Å². The number of amides is 1. The predicted octanol–water partition coefficient (Wildman–Crippen LogP) is 1.65. The van der Waals surface area contributed by atoms with Crippen LogP contribution in [0.15, 0.2) is 29.8 Å². The molecule has 11 nitrogen and oxygen atoms in total. The van der Waals surface area contributed by atoms with Crippen molar-refractivity contribution in [1.82, 2.24) is 34.4 Å². The van der Waals surface area contributed by atoms with Gasteiger partial charge in [0.1, 0.15) is 17.7 Å². The summed E-state index contributed by atoms with van der Waals surface area (Å²) < 4.78 is 28.6. The van der Waals surface area contributed by atoms with Gasteiger partial charge in [0.15, 0.2) is 5.01 Å². The number of nitrogens with two attached hydrogens (primary N) is 1. The third-order valence-electron chi connectivity index (χ3n) is 5.41. The highest BCUT2D eigenvalue weighted by atomic mass is 32.1. The van der Waals surface area contributed by atoms with Crippen LogP contribution >= 0.6 is 11.3 Å². The first-order chi connectivity index (χ1) is 16.4. The molecule has 1 atom stereocenters. The normalized spacial score (nSPS) is 15.0. The van der Waals surface area contributed by atoms with E-state index < -0.39 is 17.7 Å². The van der Waals surface area contributed by atoms with E-state index in [2.05, 4.69) is 30.4 Å². The standard InChI is InChI=1S/C20H20F2N10OS/c1-11(17(33)31-7-5-30(6-8-31)14-3-2-12(21)10-13(14)22)25-19-27-18(23)32-20(28-19)26-15(29-32)16-24-4-9-34-16/h2-4,9-11H,5-8H2,1H3,(H3,23,25,26,27,28,29)/t11-/m0/s1. The highest BCUT2D eigenvalue weighted by molar-refractivity contribution is 7.13. The van der Waals surface area contributed by atoms with E-state index in [-0.39, 0.29) is 23.6 Å². The van der Waals surface area contributed by atoms with Crippen LogP contribution in [0.5, 0.6) is 0 Å². The maximum absolute atomic E-state index is 14.1. The lowest BCUT2D eigenvalue weighted by atomic mass is 10.2. The number of hydrogen-bond donors (Lipinski definition) is 2. The minimum Gasteiger partial charge on any atom is -0.368 e. The number of carbonyl (C=O) groups excluding carboxylic acids is 1. The summed E-state index contributed by atoms with van der Waals surface area (Å²) in [5.41, 5.74) is 6.33. The second kappa shape index (κ2) is 8.78. The zero-order chi connectivity index (χ0) is 23.8. The number of carbonyl (C=O) groups is 1. The van der Waals surface area contributed by atoms with Crippen molar-refractivity contribution in [3.63, 3.8) is 0 Å². The highest BCUT2D eigenvalue weighted by Gasteiger charge is 2.27. The van der Waals surface area contributed by atoms with Gasteiger partial charge in [-0.25, -0.2) is 13.8 Å². The molecule has 176 valence electrons. The molecule has 3 N–H and O–H groups in total. The van der Waals surface area contributed by atoms with Gasteiger partial charge in [0.25, 0.3) is 5.78 Å². The molecule has 0 unspecified atom stereocenters. The van der Waals surface area contributed by atoms with E-state index in [9.17, 15) is 13.6 Å². The number of piperazine rings is 1. The van der Waals surface area contributed by atoms with Gasteiger partial charge in [-0.2, -0.15) is 19.5 Å². The summed E-state index contributed by atoms with van der Waals surface area (Å²) >= 11 is 1.39.